The maximum Gasteiger partial charge on any atom is 0.137 e. The number of H-pyrrole nitrogens is 1. The predicted octanol–water partition coefficient (Wildman–Crippen LogP) is 5.26. The van der Waals surface area contributed by atoms with E-state index < -0.39 is 6.10 Å². The molecule has 0 spiro atoms. The summed E-state index contributed by atoms with van der Waals surface area (Å²) in [5.41, 5.74) is 5.80. The van der Waals surface area contributed by atoms with Crippen molar-refractivity contribution in [3.63, 3.8) is 0 Å². The van der Waals surface area contributed by atoms with Gasteiger partial charge in [-0.3, -0.25) is 4.72 Å². The Kier molecular flexibility index (Phi) is 6.99. The molecule has 1 aliphatic carbocycles. The number of aliphatic hydroxyl groups excluding tert-OH is 1. The number of thiol groups is 1. The molecule has 1 aliphatic rings. The van der Waals surface area contributed by atoms with Crippen LogP contribution in [-0.4, -0.2) is 27.7 Å². The lowest BCUT2D eigenvalue weighted by Gasteiger charge is -2.11. The number of rotatable bonds is 9. The van der Waals surface area contributed by atoms with Crippen molar-refractivity contribution in [3.05, 3.63) is 64.3 Å². The number of hydrogen-bond donors (Lipinski definition) is 4. The molecule has 1 aromatic heterocycles. The number of aryl methyl sites for hydroxylation is 1. The minimum Gasteiger partial charge on any atom is -0.393 e. The Balaban J connectivity index is 1.53. The summed E-state index contributed by atoms with van der Waals surface area (Å²) in [6.07, 6.45) is 5.71. The maximum absolute atomic E-state index is 10.1. The van der Waals surface area contributed by atoms with Crippen LogP contribution in [0.1, 0.15) is 48.3 Å². The van der Waals surface area contributed by atoms with Crippen LogP contribution < -0.4 is 4.72 Å². The highest BCUT2D eigenvalue weighted by Gasteiger charge is 2.26. The van der Waals surface area contributed by atoms with Crippen molar-refractivity contribution in [1.29, 1.82) is 5.26 Å². The third-order valence-electron chi connectivity index (χ3n) is 5.73. The van der Waals surface area contributed by atoms with Gasteiger partial charge in [-0.1, -0.05) is 30.5 Å². The molecular weight excluding hydrogens is 428 g/mol. The Morgan fingerprint density at radius 3 is 2.77 bits per heavy atom. The first kappa shape index (κ1) is 21.9. The van der Waals surface area contributed by atoms with Crippen LogP contribution in [0.5, 0.6) is 0 Å². The fraction of sp³-hybridized carbons (Fsp3) is 0.333. The molecule has 1 fully saturated rings. The fourth-order valence-electron chi connectivity index (χ4n) is 3.79. The van der Waals surface area contributed by atoms with Gasteiger partial charge in [-0.2, -0.15) is 5.26 Å². The van der Waals surface area contributed by atoms with Gasteiger partial charge in [0.05, 0.1) is 29.6 Å². The molecule has 7 heteroatoms. The monoisotopic (exact) mass is 452 g/mol. The summed E-state index contributed by atoms with van der Waals surface area (Å²) in [6, 6.07) is 14.1. The van der Waals surface area contributed by atoms with Gasteiger partial charge in [-0.05, 0) is 85.0 Å². The van der Waals surface area contributed by atoms with Crippen molar-refractivity contribution in [2.45, 2.75) is 44.1 Å². The molecule has 2 aromatic carbocycles. The number of aliphatic hydroxyl groups is 1. The number of nitrogens with zero attached hydrogens (tertiary/aromatic N) is 2. The molecular formula is C24H25ClN4OS. The van der Waals surface area contributed by atoms with E-state index in [1.54, 1.807) is 0 Å². The Labute approximate surface area is 193 Å². The quantitative estimate of drug-likeness (QED) is 0.333. The van der Waals surface area contributed by atoms with Crippen LogP contribution in [0.4, 0.5) is 0 Å². The molecule has 0 bridgehead atoms. The second-order valence-corrected chi connectivity index (χ2v) is 8.75. The maximum atomic E-state index is 10.1. The SMILES string of the molecule is N#Cc1ccc(-c2cnc(-c3ccc(Cl)c(CCC(O)CCNS)c3)[nH]2)cc1C1CC1. The van der Waals surface area contributed by atoms with Gasteiger partial charge in [-0.25, -0.2) is 4.98 Å². The zero-order valence-electron chi connectivity index (χ0n) is 17.1. The van der Waals surface area contributed by atoms with E-state index in [1.165, 1.54) is 0 Å². The minimum atomic E-state index is -0.397. The van der Waals surface area contributed by atoms with Gasteiger partial charge in [-0.15, -0.1) is 0 Å². The third kappa shape index (κ3) is 5.31. The molecule has 1 atom stereocenters. The van der Waals surface area contributed by atoms with Gasteiger partial charge in [0, 0.05) is 17.1 Å². The van der Waals surface area contributed by atoms with Crippen LogP contribution in [0, 0.1) is 11.3 Å². The second kappa shape index (κ2) is 9.88. The summed E-state index contributed by atoms with van der Waals surface area (Å²) >= 11 is 10.3. The smallest absolute Gasteiger partial charge is 0.137 e. The second-order valence-electron chi connectivity index (χ2n) is 8.03. The Hall–Kier alpha value is -2.30. The number of nitriles is 1. The zero-order chi connectivity index (χ0) is 21.8. The molecule has 4 rings (SSSR count). The highest BCUT2D eigenvalue weighted by molar-refractivity contribution is 7.78. The van der Waals surface area contributed by atoms with Gasteiger partial charge in [0.1, 0.15) is 5.82 Å². The summed E-state index contributed by atoms with van der Waals surface area (Å²) < 4.78 is 2.75. The topological polar surface area (TPSA) is 84.7 Å². The van der Waals surface area contributed by atoms with E-state index >= 15 is 0 Å². The number of imidazole rings is 1. The lowest BCUT2D eigenvalue weighted by molar-refractivity contribution is 0.156. The number of nitrogens with one attached hydrogen (secondary N) is 2. The summed E-state index contributed by atoms with van der Waals surface area (Å²) in [5, 5.41) is 20.2. The zero-order valence-corrected chi connectivity index (χ0v) is 18.8. The van der Waals surface area contributed by atoms with Crippen LogP contribution in [0.3, 0.4) is 0 Å². The summed E-state index contributed by atoms with van der Waals surface area (Å²) in [7, 11) is 0. The lowest BCUT2D eigenvalue weighted by atomic mass is 10.00. The van der Waals surface area contributed by atoms with E-state index in [0.29, 0.717) is 36.7 Å². The van der Waals surface area contributed by atoms with Crippen molar-refractivity contribution in [1.82, 2.24) is 14.7 Å². The van der Waals surface area contributed by atoms with Gasteiger partial charge in [0.2, 0.25) is 0 Å². The van der Waals surface area contributed by atoms with Gasteiger partial charge in [0.15, 0.2) is 0 Å². The first-order valence-corrected chi connectivity index (χ1v) is 11.3. The molecule has 5 nitrogen and oxygen atoms in total. The van der Waals surface area contributed by atoms with Crippen molar-refractivity contribution in [2.24, 2.45) is 0 Å². The molecule has 0 aliphatic heterocycles. The molecule has 3 aromatic rings. The first-order chi connectivity index (χ1) is 15.1. The Morgan fingerprint density at radius 2 is 2.03 bits per heavy atom. The first-order valence-electron chi connectivity index (χ1n) is 10.5. The van der Waals surface area contributed by atoms with E-state index in [0.717, 1.165) is 52.2 Å². The molecule has 160 valence electrons. The average Bonchev–Trinajstić information content (AvgIpc) is 3.52. The third-order valence-corrected chi connectivity index (χ3v) is 6.32. The molecule has 1 unspecified atom stereocenters. The van der Waals surface area contributed by atoms with Crippen molar-refractivity contribution < 1.29 is 5.11 Å². The molecule has 0 amide bonds. The van der Waals surface area contributed by atoms with Gasteiger partial charge in [0.25, 0.3) is 0 Å². The number of aromatic amines is 1. The molecule has 31 heavy (non-hydrogen) atoms. The van der Waals surface area contributed by atoms with Crippen molar-refractivity contribution in [3.8, 4) is 28.7 Å². The lowest BCUT2D eigenvalue weighted by Crippen LogP contribution is -2.14. The van der Waals surface area contributed by atoms with E-state index in [4.69, 9.17) is 11.6 Å². The summed E-state index contributed by atoms with van der Waals surface area (Å²) in [6.45, 7) is 0.658. The van der Waals surface area contributed by atoms with Crippen molar-refractivity contribution in [2.75, 3.05) is 6.54 Å². The van der Waals surface area contributed by atoms with E-state index in [9.17, 15) is 10.4 Å². The highest BCUT2D eigenvalue weighted by atomic mass is 35.5. The number of halogens is 1. The largest absolute Gasteiger partial charge is 0.393 e. The molecule has 3 N–H and O–H groups in total. The van der Waals surface area contributed by atoms with Crippen molar-refractivity contribution >= 4 is 24.4 Å². The number of benzene rings is 2. The van der Waals surface area contributed by atoms with Crippen LogP contribution in [0.25, 0.3) is 22.6 Å². The van der Waals surface area contributed by atoms with Crippen LogP contribution in [0.15, 0.2) is 42.6 Å². The standard InChI is InChI=1S/C24H25ClN4OS/c25-22-8-6-18(11-16(22)5-7-20(30)9-10-28-31)24-27-14-23(29-24)17-3-4-19(13-26)21(12-17)15-1-2-15/h3-4,6,8,11-12,14-15,20,28,30-31H,1-2,5,7,9-10H2,(H,27,29). The Bertz CT molecular complexity index is 1100. The highest BCUT2D eigenvalue weighted by Crippen LogP contribution is 2.42. The minimum absolute atomic E-state index is 0.397. The van der Waals surface area contributed by atoms with Crippen LogP contribution in [-0.2, 0) is 6.42 Å². The normalized spacial score (nSPS) is 14.4. The summed E-state index contributed by atoms with van der Waals surface area (Å²) in [4.78, 5) is 7.98. The number of hydrogen-bond acceptors (Lipinski definition) is 5. The van der Waals surface area contributed by atoms with Crippen LogP contribution in [0.2, 0.25) is 5.02 Å². The van der Waals surface area contributed by atoms with Gasteiger partial charge >= 0.3 is 0 Å². The van der Waals surface area contributed by atoms with Gasteiger partial charge < -0.3 is 10.1 Å². The molecule has 0 radical (unpaired) electrons. The molecule has 1 heterocycles. The van der Waals surface area contributed by atoms with E-state index in [2.05, 4.69) is 39.6 Å². The van der Waals surface area contributed by atoms with Crippen LogP contribution >= 0.6 is 24.4 Å². The molecule has 0 saturated heterocycles. The fourth-order valence-corrected chi connectivity index (χ4v) is 4.13. The number of aromatic nitrogens is 2. The van der Waals surface area contributed by atoms with E-state index in [1.807, 2.05) is 36.5 Å². The Morgan fingerprint density at radius 1 is 1.23 bits per heavy atom. The molecule has 1 saturated carbocycles. The predicted molar refractivity (Wildman–Crippen MR) is 127 cm³/mol. The van der Waals surface area contributed by atoms with E-state index in [-0.39, 0.29) is 0 Å². The summed E-state index contributed by atoms with van der Waals surface area (Å²) in [5.74, 6) is 1.28. The average molecular weight is 453 g/mol.